The van der Waals surface area contributed by atoms with E-state index in [1.54, 1.807) is 0 Å². The van der Waals surface area contributed by atoms with Gasteiger partial charge in [-0.1, -0.05) is 29.3 Å². The Morgan fingerprint density at radius 3 is 2.86 bits per heavy atom. The van der Waals surface area contributed by atoms with E-state index in [1.807, 2.05) is 0 Å². The zero-order valence-corrected chi connectivity index (χ0v) is 11.6. The third-order valence-electron chi connectivity index (χ3n) is 2.77. The molecule has 1 aliphatic rings. The third-order valence-corrected chi connectivity index (χ3v) is 5.39. The van der Waals surface area contributed by atoms with Crippen LogP contribution in [0.2, 0.25) is 0 Å². The summed E-state index contributed by atoms with van der Waals surface area (Å²) in [4.78, 5) is 0. The van der Waals surface area contributed by atoms with Gasteiger partial charge >= 0.3 is 0 Å². The Morgan fingerprint density at radius 2 is 2.36 bits per heavy atom. The van der Waals surface area contributed by atoms with E-state index in [2.05, 4.69) is 41.5 Å². The molecule has 3 unspecified atom stereocenters. The molecule has 1 saturated heterocycles. The average molecular weight is 281 g/mol. The molecule has 0 radical (unpaired) electrons. The summed E-state index contributed by atoms with van der Waals surface area (Å²) >= 11 is 5.71. The second-order valence-electron chi connectivity index (χ2n) is 4.05. The summed E-state index contributed by atoms with van der Waals surface area (Å²) in [7, 11) is 0. The summed E-state index contributed by atoms with van der Waals surface area (Å²) in [5, 5.41) is 1.89. The van der Waals surface area contributed by atoms with Crippen molar-refractivity contribution in [2.24, 2.45) is 5.92 Å². The minimum atomic E-state index is 0.470. The van der Waals surface area contributed by atoms with Crippen LogP contribution in [0.1, 0.15) is 33.1 Å². The van der Waals surface area contributed by atoms with Crippen LogP contribution in [0.15, 0.2) is 0 Å². The van der Waals surface area contributed by atoms with E-state index in [-0.39, 0.29) is 0 Å². The van der Waals surface area contributed by atoms with Gasteiger partial charge in [0.1, 0.15) is 0 Å². The minimum absolute atomic E-state index is 0.470. The molecule has 1 heterocycles. The normalized spacial score (nSPS) is 29.4. The Labute approximate surface area is 100 Å². The highest BCUT2D eigenvalue weighted by Gasteiger charge is 2.25. The maximum atomic E-state index is 5.56. The quantitative estimate of drug-likeness (QED) is 0.686. The minimum Gasteiger partial charge on any atom is -0.377 e. The van der Waals surface area contributed by atoms with Crippen LogP contribution in [0.4, 0.5) is 0 Å². The molecule has 84 valence electrons. The van der Waals surface area contributed by atoms with Crippen molar-refractivity contribution in [3.8, 4) is 0 Å². The number of thioether (sulfide) groups is 1. The third kappa shape index (κ3) is 4.11. The molecule has 3 atom stereocenters. The highest BCUT2D eigenvalue weighted by molar-refractivity contribution is 9.09. The van der Waals surface area contributed by atoms with Crippen molar-refractivity contribution in [3.05, 3.63) is 0 Å². The molecule has 1 rings (SSSR count). The summed E-state index contributed by atoms with van der Waals surface area (Å²) in [5.41, 5.74) is 0. The molecule has 0 bridgehead atoms. The average Bonchev–Trinajstić information content (AvgIpc) is 2.59. The molecule has 0 aliphatic carbocycles. The number of hydrogen-bond acceptors (Lipinski definition) is 2. The van der Waals surface area contributed by atoms with Crippen LogP contribution in [-0.2, 0) is 4.74 Å². The fourth-order valence-corrected chi connectivity index (χ4v) is 4.08. The Kier molecular flexibility index (Phi) is 6.55. The molecule has 1 nitrogen and oxygen atoms in total. The lowest BCUT2D eigenvalue weighted by molar-refractivity contribution is 0.127. The van der Waals surface area contributed by atoms with Gasteiger partial charge in [0, 0.05) is 17.2 Å². The van der Waals surface area contributed by atoms with E-state index < -0.39 is 0 Å². The molecule has 0 N–H and O–H groups in total. The van der Waals surface area contributed by atoms with Crippen molar-refractivity contribution in [3.63, 3.8) is 0 Å². The SMILES string of the molecule is CCCC(CBr)CSC1CCOC1C. The first-order valence-corrected chi connectivity index (χ1v) is 7.74. The van der Waals surface area contributed by atoms with Crippen molar-refractivity contribution >= 4 is 27.7 Å². The van der Waals surface area contributed by atoms with E-state index in [9.17, 15) is 0 Å². The number of rotatable bonds is 6. The fraction of sp³-hybridized carbons (Fsp3) is 1.00. The van der Waals surface area contributed by atoms with E-state index in [4.69, 9.17) is 4.74 Å². The Balaban J connectivity index is 2.17. The van der Waals surface area contributed by atoms with Crippen molar-refractivity contribution in [2.45, 2.75) is 44.5 Å². The molecule has 0 amide bonds. The lowest BCUT2D eigenvalue weighted by atomic mass is 10.1. The molecule has 1 fully saturated rings. The first kappa shape index (κ1) is 12.9. The van der Waals surface area contributed by atoms with Gasteiger partial charge in [0.15, 0.2) is 0 Å². The van der Waals surface area contributed by atoms with Gasteiger partial charge in [-0.3, -0.25) is 0 Å². The van der Waals surface area contributed by atoms with Gasteiger partial charge in [-0.15, -0.1) is 0 Å². The standard InChI is InChI=1S/C11H21BrOS/c1-3-4-10(7-12)8-14-11-5-6-13-9(11)2/h9-11H,3-8H2,1-2H3. The van der Waals surface area contributed by atoms with Crippen LogP contribution in [0.3, 0.4) is 0 Å². The van der Waals surface area contributed by atoms with Crippen LogP contribution in [0.5, 0.6) is 0 Å². The molecule has 0 aromatic rings. The molecule has 0 aromatic heterocycles. The van der Waals surface area contributed by atoms with Crippen LogP contribution in [-0.4, -0.2) is 29.0 Å². The summed E-state index contributed by atoms with van der Waals surface area (Å²) in [6, 6.07) is 0. The second-order valence-corrected chi connectivity index (χ2v) is 5.97. The number of halogens is 1. The Morgan fingerprint density at radius 1 is 1.57 bits per heavy atom. The molecule has 0 spiro atoms. The first-order chi connectivity index (χ1) is 6.77. The summed E-state index contributed by atoms with van der Waals surface area (Å²) in [5.74, 6) is 2.13. The van der Waals surface area contributed by atoms with Crippen LogP contribution in [0.25, 0.3) is 0 Å². The molecule has 14 heavy (non-hydrogen) atoms. The summed E-state index contributed by atoms with van der Waals surface area (Å²) in [6.45, 7) is 5.43. The number of hydrogen-bond donors (Lipinski definition) is 0. The van der Waals surface area contributed by atoms with Gasteiger partial charge in [-0.2, -0.15) is 11.8 Å². The highest BCUT2D eigenvalue weighted by atomic mass is 79.9. The number of ether oxygens (including phenoxy) is 1. The summed E-state index contributed by atoms with van der Waals surface area (Å²) in [6.07, 6.45) is 4.36. The van der Waals surface area contributed by atoms with E-state index >= 15 is 0 Å². The van der Waals surface area contributed by atoms with Crippen molar-refractivity contribution in [2.75, 3.05) is 17.7 Å². The molecular formula is C11H21BrOS. The van der Waals surface area contributed by atoms with E-state index in [0.717, 1.165) is 23.1 Å². The van der Waals surface area contributed by atoms with Gasteiger partial charge in [-0.05, 0) is 31.4 Å². The molecule has 1 aliphatic heterocycles. The van der Waals surface area contributed by atoms with Crippen LogP contribution in [0, 0.1) is 5.92 Å². The van der Waals surface area contributed by atoms with Crippen molar-refractivity contribution < 1.29 is 4.74 Å². The molecule has 3 heteroatoms. The van der Waals surface area contributed by atoms with Gasteiger partial charge in [0.25, 0.3) is 0 Å². The largest absolute Gasteiger partial charge is 0.377 e. The topological polar surface area (TPSA) is 9.23 Å². The van der Waals surface area contributed by atoms with Crippen molar-refractivity contribution in [1.82, 2.24) is 0 Å². The maximum absolute atomic E-state index is 5.56. The van der Waals surface area contributed by atoms with Gasteiger partial charge in [-0.25, -0.2) is 0 Å². The smallest absolute Gasteiger partial charge is 0.0666 e. The zero-order valence-electron chi connectivity index (χ0n) is 9.17. The van der Waals surface area contributed by atoms with Crippen LogP contribution >= 0.6 is 27.7 Å². The van der Waals surface area contributed by atoms with Crippen LogP contribution < -0.4 is 0 Å². The van der Waals surface area contributed by atoms with Gasteiger partial charge < -0.3 is 4.74 Å². The maximum Gasteiger partial charge on any atom is 0.0666 e. The van der Waals surface area contributed by atoms with E-state index in [1.165, 1.54) is 25.0 Å². The second kappa shape index (κ2) is 7.13. The fourth-order valence-electron chi connectivity index (χ4n) is 1.80. The van der Waals surface area contributed by atoms with E-state index in [0.29, 0.717) is 6.10 Å². The Bertz CT molecular complexity index is 154. The predicted octanol–water partition coefficient (Wildman–Crippen LogP) is 3.71. The summed E-state index contributed by atoms with van der Waals surface area (Å²) < 4.78 is 5.56. The van der Waals surface area contributed by atoms with Gasteiger partial charge in [0.2, 0.25) is 0 Å². The zero-order chi connectivity index (χ0) is 10.4. The Hall–Kier alpha value is 0.790. The van der Waals surface area contributed by atoms with Gasteiger partial charge in [0.05, 0.1) is 6.10 Å². The highest BCUT2D eigenvalue weighted by Crippen LogP contribution is 2.29. The molecule has 0 saturated carbocycles. The molecule has 0 aromatic carbocycles. The lowest BCUT2D eigenvalue weighted by Crippen LogP contribution is -2.16. The lowest BCUT2D eigenvalue weighted by Gasteiger charge is -2.17. The van der Waals surface area contributed by atoms with Crippen molar-refractivity contribution in [1.29, 1.82) is 0 Å². The predicted molar refractivity (Wildman–Crippen MR) is 68.5 cm³/mol. The monoisotopic (exact) mass is 280 g/mol. The first-order valence-electron chi connectivity index (χ1n) is 5.57. The molecular weight excluding hydrogens is 260 g/mol. The number of alkyl halides is 1.